The van der Waals surface area contributed by atoms with Crippen molar-refractivity contribution >= 4 is 15.9 Å². The van der Waals surface area contributed by atoms with Gasteiger partial charge < -0.3 is 5.32 Å². The molecule has 19 heavy (non-hydrogen) atoms. The second kappa shape index (κ2) is 5.92. The lowest BCUT2D eigenvalue weighted by atomic mass is 9.99. The first kappa shape index (κ1) is 13.6. The number of halogens is 1. The largest absolute Gasteiger partial charge is 0.313 e. The van der Waals surface area contributed by atoms with Crippen LogP contribution in [-0.2, 0) is 6.42 Å². The maximum Gasteiger partial charge on any atom is 0.0420 e. The number of aromatic nitrogens is 1. The van der Waals surface area contributed by atoms with E-state index < -0.39 is 0 Å². The lowest BCUT2D eigenvalue weighted by Gasteiger charge is -2.20. The minimum absolute atomic E-state index is 0.643. The van der Waals surface area contributed by atoms with Gasteiger partial charge in [0.1, 0.15) is 0 Å². The van der Waals surface area contributed by atoms with Gasteiger partial charge in [-0.1, -0.05) is 13.3 Å². The molecular formula is C16H23BrN2. The minimum atomic E-state index is 0.643. The smallest absolute Gasteiger partial charge is 0.0420 e. The van der Waals surface area contributed by atoms with Gasteiger partial charge in [0.05, 0.1) is 0 Å². The van der Waals surface area contributed by atoms with E-state index in [4.69, 9.17) is 0 Å². The molecular weight excluding hydrogens is 300 g/mol. The van der Waals surface area contributed by atoms with Gasteiger partial charge in [-0.25, -0.2) is 0 Å². The van der Waals surface area contributed by atoms with Crippen molar-refractivity contribution in [3.63, 3.8) is 0 Å². The van der Waals surface area contributed by atoms with Crippen molar-refractivity contribution in [3.05, 3.63) is 28.5 Å². The van der Waals surface area contributed by atoms with Crippen molar-refractivity contribution in [1.29, 1.82) is 0 Å². The number of pyridine rings is 1. The van der Waals surface area contributed by atoms with E-state index in [1.165, 1.54) is 31.4 Å². The summed E-state index contributed by atoms with van der Waals surface area (Å²) in [5, 5.41) is 3.77. The highest BCUT2D eigenvalue weighted by Gasteiger charge is 2.55. The van der Waals surface area contributed by atoms with Crippen LogP contribution in [0.15, 0.2) is 22.8 Å². The minimum Gasteiger partial charge on any atom is -0.313 e. The number of hydrogen-bond acceptors (Lipinski definition) is 2. The topological polar surface area (TPSA) is 24.9 Å². The highest BCUT2D eigenvalue weighted by atomic mass is 79.9. The molecule has 3 atom stereocenters. The van der Waals surface area contributed by atoms with Gasteiger partial charge in [0, 0.05) is 28.8 Å². The van der Waals surface area contributed by atoms with E-state index >= 15 is 0 Å². The Morgan fingerprint density at radius 1 is 1.37 bits per heavy atom. The van der Waals surface area contributed by atoms with Crippen LogP contribution in [0.25, 0.3) is 0 Å². The monoisotopic (exact) mass is 322 g/mol. The molecule has 1 N–H and O–H groups in total. The molecule has 0 amide bonds. The number of fused-ring (bicyclic) bond motifs is 1. The highest BCUT2D eigenvalue weighted by molar-refractivity contribution is 9.10. The van der Waals surface area contributed by atoms with Crippen LogP contribution in [0.2, 0.25) is 0 Å². The summed E-state index contributed by atoms with van der Waals surface area (Å²) < 4.78 is 1.07. The summed E-state index contributed by atoms with van der Waals surface area (Å²) in [7, 11) is 0. The summed E-state index contributed by atoms with van der Waals surface area (Å²) in [5.74, 6) is 2.96. The van der Waals surface area contributed by atoms with Gasteiger partial charge in [-0.05, 0) is 71.6 Å². The third kappa shape index (κ3) is 3.03. The fraction of sp³-hybridized carbons (Fsp3) is 0.688. The van der Waals surface area contributed by atoms with Gasteiger partial charge in [-0.15, -0.1) is 0 Å². The molecule has 104 valence electrons. The normalized spacial score (nSPS) is 30.1. The number of rotatable bonds is 6. The van der Waals surface area contributed by atoms with Gasteiger partial charge in [0.15, 0.2) is 0 Å². The van der Waals surface area contributed by atoms with E-state index in [1.54, 1.807) is 0 Å². The summed E-state index contributed by atoms with van der Waals surface area (Å²) in [4.78, 5) is 4.54. The van der Waals surface area contributed by atoms with Crippen molar-refractivity contribution < 1.29 is 0 Å². The Kier molecular flexibility index (Phi) is 4.23. The molecule has 3 heteroatoms. The SMILES string of the molecule is CCCNC(Cc1ccc(Br)cn1)C1C2CCCC21. The molecule has 0 aromatic carbocycles. The van der Waals surface area contributed by atoms with Crippen LogP contribution in [0.5, 0.6) is 0 Å². The zero-order chi connectivity index (χ0) is 13.2. The molecule has 1 heterocycles. The third-order valence-electron chi connectivity index (χ3n) is 4.81. The molecule has 0 radical (unpaired) electrons. The van der Waals surface area contributed by atoms with E-state index in [-0.39, 0.29) is 0 Å². The molecule has 0 aliphatic heterocycles. The predicted octanol–water partition coefficient (Wildman–Crippen LogP) is 3.80. The Hall–Kier alpha value is -0.410. The molecule has 0 spiro atoms. The number of nitrogens with zero attached hydrogens (tertiary/aromatic N) is 1. The lowest BCUT2D eigenvalue weighted by Crippen LogP contribution is -2.35. The Bertz CT molecular complexity index is 407. The maximum atomic E-state index is 4.54. The highest BCUT2D eigenvalue weighted by Crippen LogP contribution is 2.59. The molecule has 3 unspecified atom stereocenters. The molecule has 1 aromatic rings. The fourth-order valence-corrected chi connectivity index (χ4v) is 4.13. The van der Waals surface area contributed by atoms with E-state index in [0.29, 0.717) is 6.04 Å². The van der Waals surface area contributed by atoms with Gasteiger partial charge >= 0.3 is 0 Å². The van der Waals surface area contributed by atoms with E-state index in [0.717, 1.165) is 35.2 Å². The first-order chi connectivity index (χ1) is 9.29. The summed E-state index contributed by atoms with van der Waals surface area (Å²) in [5.41, 5.74) is 1.22. The van der Waals surface area contributed by atoms with Crippen LogP contribution >= 0.6 is 15.9 Å². The van der Waals surface area contributed by atoms with Crippen molar-refractivity contribution in [2.45, 2.75) is 45.1 Å². The van der Waals surface area contributed by atoms with E-state index in [9.17, 15) is 0 Å². The summed E-state index contributed by atoms with van der Waals surface area (Å²) in [6.07, 6.45) is 8.61. The van der Waals surface area contributed by atoms with Crippen molar-refractivity contribution in [1.82, 2.24) is 10.3 Å². The average Bonchev–Trinajstić information content (AvgIpc) is 2.90. The standard InChI is InChI=1S/C16H23BrN2/c1-2-8-18-15(16-13-4-3-5-14(13)16)9-12-7-6-11(17)10-19-12/h6-7,10,13-16,18H,2-5,8-9H2,1H3. The summed E-state index contributed by atoms with van der Waals surface area (Å²) in [6, 6.07) is 4.90. The van der Waals surface area contributed by atoms with Crippen LogP contribution in [0, 0.1) is 17.8 Å². The van der Waals surface area contributed by atoms with Crippen LogP contribution in [0.4, 0.5) is 0 Å². The molecule has 1 aromatic heterocycles. The fourth-order valence-electron chi connectivity index (χ4n) is 3.90. The Morgan fingerprint density at radius 3 is 2.79 bits per heavy atom. The Labute approximate surface area is 124 Å². The molecule has 2 nitrogen and oxygen atoms in total. The van der Waals surface area contributed by atoms with Gasteiger partial charge in [-0.2, -0.15) is 0 Å². The quantitative estimate of drug-likeness (QED) is 0.861. The first-order valence-corrected chi connectivity index (χ1v) is 8.42. The van der Waals surface area contributed by atoms with Crippen molar-refractivity contribution in [2.24, 2.45) is 17.8 Å². The number of nitrogens with one attached hydrogen (secondary N) is 1. The molecule has 3 rings (SSSR count). The van der Waals surface area contributed by atoms with Crippen LogP contribution < -0.4 is 5.32 Å². The molecule has 2 fully saturated rings. The Morgan fingerprint density at radius 2 is 2.16 bits per heavy atom. The predicted molar refractivity (Wildman–Crippen MR) is 82.0 cm³/mol. The third-order valence-corrected chi connectivity index (χ3v) is 5.28. The maximum absolute atomic E-state index is 4.54. The van der Waals surface area contributed by atoms with Gasteiger partial charge in [-0.3, -0.25) is 4.98 Å². The van der Waals surface area contributed by atoms with Gasteiger partial charge in [0.25, 0.3) is 0 Å². The number of hydrogen-bond donors (Lipinski definition) is 1. The van der Waals surface area contributed by atoms with Crippen LogP contribution in [-0.4, -0.2) is 17.6 Å². The average molecular weight is 323 g/mol. The van der Waals surface area contributed by atoms with Crippen molar-refractivity contribution in [3.8, 4) is 0 Å². The second-order valence-corrected chi connectivity index (χ2v) is 6.98. The van der Waals surface area contributed by atoms with Gasteiger partial charge in [0.2, 0.25) is 0 Å². The van der Waals surface area contributed by atoms with Crippen molar-refractivity contribution in [2.75, 3.05) is 6.54 Å². The summed E-state index contributed by atoms with van der Waals surface area (Å²) >= 11 is 3.46. The second-order valence-electron chi connectivity index (χ2n) is 6.07. The van der Waals surface area contributed by atoms with Crippen LogP contribution in [0.1, 0.15) is 38.3 Å². The zero-order valence-corrected chi connectivity index (χ0v) is 13.2. The molecule has 0 saturated heterocycles. The lowest BCUT2D eigenvalue weighted by molar-refractivity contribution is 0.401. The zero-order valence-electron chi connectivity index (χ0n) is 11.6. The molecule has 2 aliphatic rings. The van der Waals surface area contributed by atoms with Crippen LogP contribution in [0.3, 0.4) is 0 Å². The molecule has 0 bridgehead atoms. The van der Waals surface area contributed by atoms with E-state index in [2.05, 4.69) is 45.3 Å². The Balaban J connectivity index is 1.64. The summed E-state index contributed by atoms with van der Waals surface area (Å²) in [6.45, 7) is 3.38. The molecule has 2 aliphatic carbocycles. The first-order valence-electron chi connectivity index (χ1n) is 7.63. The van der Waals surface area contributed by atoms with E-state index in [1.807, 2.05) is 6.20 Å². The molecule has 2 saturated carbocycles.